The normalized spacial score (nSPS) is 18.9. The summed E-state index contributed by atoms with van der Waals surface area (Å²) in [5.41, 5.74) is 5.46. The highest BCUT2D eigenvalue weighted by molar-refractivity contribution is 6.02. The molecule has 1 N–H and O–H groups in total. The Kier molecular flexibility index (Phi) is 7.75. The van der Waals surface area contributed by atoms with Crippen molar-refractivity contribution in [3.63, 3.8) is 0 Å². The van der Waals surface area contributed by atoms with Crippen LogP contribution in [0.15, 0.2) is 42.5 Å². The van der Waals surface area contributed by atoms with E-state index in [9.17, 15) is 9.59 Å². The van der Waals surface area contributed by atoms with Gasteiger partial charge in [-0.1, -0.05) is 83.4 Å². The molecule has 1 aliphatic carbocycles. The van der Waals surface area contributed by atoms with Crippen LogP contribution in [0.4, 0.5) is 11.4 Å². The van der Waals surface area contributed by atoms with Gasteiger partial charge in [-0.3, -0.25) is 9.59 Å². The SMILES string of the molecule is CC(C)c1cccc(C(C)C)c1NC(=O)CC1Cc2ccccc2N(CC2CCCCC2)C1=O. The van der Waals surface area contributed by atoms with Crippen LogP contribution in [-0.4, -0.2) is 18.4 Å². The third-order valence-corrected chi connectivity index (χ3v) is 7.60. The molecular formula is C30H40N2O2. The molecule has 2 aromatic carbocycles. The lowest BCUT2D eigenvalue weighted by Gasteiger charge is -2.37. The lowest BCUT2D eigenvalue weighted by atomic mass is 9.85. The van der Waals surface area contributed by atoms with Crippen molar-refractivity contribution in [3.05, 3.63) is 59.2 Å². The van der Waals surface area contributed by atoms with Gasteiger partial charge in [-0.05, 0) is 59.8 Å². The molecule has 0 saturated heterocycles. The van der Waals surface area contributed by atoms with E-state index in [-0.39, 0.29) is 24.2 Å². The molecule has 4 rings (SSSR count). The van der Waals surface area contributed by atoms with Gasteiger partial charge in [-0.2, -0.15) is 0 Å². The molecule has 2 aromatic rings. The van der Waals surface area contributed by atoms with E-state index in [1.807, 2.05) is 17.0 Å². The van der Waals surface area contributed by atoms with Crippen molar-refractivity contribution in [1.29, 1.82) is 0 Å². The first-order chi connectivity index (χ1) is 16.3. The Labute approximate surface area is 205 Å². The topological polar surface area (TPSA) is 49.4 Å². The van der Waals surface area contributed by atoms with Gasteiger partial charge in [0.1, 0.15) is 0 Å². The van der Waals surface area contributed by atoms with Crippen LogP contribution in [-0.2, 0) is 16.0 Å². The van der Waals surface area contributed by atoms with Gasteiger partial charge in [0.05, 0.1) is 5.92 Å². The number of nitrogens with one attached hydrogen (secondary N) is 1. The summed E-state index contributed by atoms with van der Waals surface area (Å²) < 4.78 is 0. The number of hydrogen-bond acceptors (Lipinski definition) is 2. The minimum absolute atomic E-state index is 0.0645. The first kappa shape index (κ1) is 24.5. The van der Waals surface area contributed by atoms with Gasteiger partial charge in [0.15, 0.2) is 0 Å². The molecule has 4 nitrogen and oxygen atoms in total. The van der Waals surface area contributed by atoms with E-state index < -0.39 is 0 Å². The van der Waals surface area contributed by atoms with Crippen LogP contribution in [0, 0.1) is 11.8 Å². The smallest absolute Gasteiger partial charge is 0.230 e. The molecule has 4 heteroatoms. The number of rotatable bonds is 7. The molecule has 0 aromatic heterocycles. The predicted molar refractivity (Wildman–Crippen MR) is 140 cm³/mol. The highest BCUT2D eigenvalue weighted by Gasteiger charge is 2.35. The summed E-state index contributed by atoms with van der Waals surface area (Å²) in [5.74, 6) is 0.911. The first-order valence-electron chi connectivity index (χ1n) is 13.2. The number of carbonyl (C=O) groups is 2. The molecule has 0 radical (unpaired) electrons. The van der Waals surface area contributed by atoms with Gasteiger partial charge < -0.3 is 10.2 Å². The molecule has 2 amide bonds. The molecule has 1 atom stereocenters. The van der Waals surface area contributed by atoms with Gasteiger partial charge in [-0.25, -0.2) is 0 Å². The number of hydrogen-bond donors (Lipinski definition) is 1. The molecule has 1 unspecified atom stereocenters. The van der Waals surface area contributed by atoms with Gasteiger partial charge in [0.2, 0.25) is 11.8 Å². The van der Waals surface area contributed by atoms with Crippen LogP contribution in [0.2, 0.25) is 0 Å². The highest BCUT2D eigenvalue weighted by atomic mass is 16.2. The maximum absolute atomic E-state index is 13.6. The second kappa shape index (κ2) is 10.8. The van der Waals surface area contributed by atoms with Crippen molar-refractivity contribution >= 4 is 23.2 Å². The summed E-state index contributed by atoms with van der Waals surface area (Å²) in [7, 11) is 0. The van der Waals surface area contributed by atoms with E-state index in [0.717, 1.165) is 29.0 Å². The third kappa shape index (κ3) is 5.37. The Morgan fingerprint density at radius 2 is 1.59 bits per heavy atom. The second-order valence-electron chi connectivity index (χ2n) is 10.9. The number of amides is 2. The van der Waals surface area contributed by atoms with Crippen LogP contribution in [0.25, 0.3) is 0 Å². The fraction of sp³-hybridized carbons (Fsp3) is 0.533. The Balaban J connectivity index is 1.54. The van der Waals surface area contributed by atoms with Crippen molar-refractivity contribution < 1.29 is 9.59 Å². The third-order valence-electron chi connectivity index (χ3n) is 7.60. The van der Waals surface area contributed by atoms with Gasteiger partial charge in [0, 0.05) is 24.3 Å². The molecular weight excluding hydrogens is 420 g/mol. The van der Waals surface area contributed by atoms with Gasteiger partial charge >= 0.3 is 0 Å². The number of anilines is 2. The van der Waals surface area contributed by atoms with Gasteiger partial charge in [0.25, 0.3) is 0 Å². The first-order valence-corrected chi connectivity index (χ1v) is 13.2. The Morgan fingerprint density at radius 3 is 2.24 bits per heavy atom. The molecule has 1 fully saturated rings. The fourth-order valence-electron chi connectivity index (χ4n) is 5.72. The minimum Gasteiger partial charge on any atom is -0.326 e. The molecule has 182 valence electrons. The monoisotopic (exact) mass is 460 g/mol. The van der Waals surface area contributed by atoms with Crippen molar-refractivity contribution in [2.75, 3.05) is 16.8 Å². The Hall–Kier alpha value is -2.62. The second-order valence-corrected chi connectivity index (χ2v) is 10.9. The maximum Gasteiger partial charge on any atom is 0.230 e. The number of benzene rings is 2. The average molecular weight is 461 g/mol. The summed E-state index contributed by atoms with van der Waals surface area (Å²) in [4.78, 5) is 28.9. The fourth-order valence-corrected chi connectivity index (χ4v) is 5.72. The van der Waals surface area contributed by atoms with E-state index in [0.29, 0.717) is 24.2 Å². The molecule has 1 saturated carbocycles. The summed E-state index contributed by atoms with van der Waals surface area (Å²) >= 11 is 0. The summed E-state index contributed by atoms with van der Waals surface area (Å²) in [6, 6.07) is 14.5. The highest BCUT2D eigenvalue weighted by Crippen LogP contribution is 2.36. The Morgan fingerprint density at radius 1 is 0.941 bits per heavy atom. The zero-order valence-corrected chi connectivity index (χ0v) is 21.3. The number of para-hydroxylation sites is 2. The zero-order valence-electron chi connectivity index (χ0n) is 21.3. The number of carbonyl (C=O) groups excluding carboxylic acids is 2. The Bertz CT molecular complexity index is 994. The van der Waals surface area contributed by atoms with Crippen LogP contribution >= 0.6 is 0 Å². The van der Waals surface area contributed by atoms with Crippen LogP contribution < -0.4 is 10.2 Å². The number of nitrogens with zero attached hydrogens (tertiary/aromatic N) is 1. The minimum atomic E-state index is -0.313. The number of fused-ring (bicyclic) bond motifs is 1. The van der Waals surface area contributed by atoms with E-state index in [4.69, 9.17) is 0 Å². The molecule has 0 spiro atoms. The van der Waals surface area contributed by atoms with E-state index >= 15 is 0 Å². The average Bonchev–Trinajstić information content (AvgIpc) is 2.82. The van der Waals surface area contributed by atoms with E-state index in [1.54, 1.807) is 0 Å². The molecule has 2 aliphatic rings. The lowest BCUT2D eigenvalue weighted by molar-refractivity contribution is -0.127. The van der Waals surface area contributed by atoms with Crippen LogP contribution in [0.5, 0.6) is 0 Å². The van der Waals surface area contributed by atoms with Crippen molar-refractivity contribution in [2.45, 2.75) is 84.5 Å². The zero-order chi connectivity index (χ0) is 24.2. The summed E-state index contributed by atoms with van der Waals surface area (Å²) in [5, 5.41) is 3.22. The van der Waals surface area contributed by atoms with Crippen LogP contribution in [0.3, 0.4) is 0 Å². The molecule has 1 aliphatic heterocycles. The van der Waals surface area contributed by atoms with E-state index in [2.05, 4.69) is 63.3 Å². The molecule has 1 heterocycles. The molecule has 34 heavy (non-hydrogen) atoms. The van der Waals surface area contributed by atoms with Crippen LogP contribution in [0.1, 0.15) is 94.7 Å². The standard InChI is InChI=1S/C30H40N2O2/c1-20(2)25-14-10-15-26(21(3)4)29(25)31-28(33)18-24-17-23-13-8-9-16-27(23)32(30(24)34)19-22-11-6-5-7-12-22/h8-10,13-16,20-22,24H,5-7,11-12,17-19H2,1-4H3,(H,31,33). The van der Waals surface area contributed by atoms with E-state index in [1.165, 1.54) is 37.7 Å². The van der Waals surface area contributed by atoms with Gasteiger partial charge in [-0.15, -0.1) is 0 Å². The summed E-state index contributed by atoms with van der Waals surface area (Å²) in [6.45, 7) is 9.39. The predicted octanol–water partition coefficient (Wildman–Crippen LogP) is 7.05. The maximum atomic E-state index is 13.6. The largest absolute Gasteiger partial charge is 0.326 e. The lowest BCUT2D eigenvalue weighted by Crippen LogP contribution is -2.45. The van der Waals surface area contributed by atoms with Crippen molar-refractivity contribution in [1.82, 2.24) is 0 Å². The van der Waals surface area contributed by atoms with Crippen molar-refractivity contribution in [3.8, 4) is 0 Å². The quantitative estimate of drug-likeness (QED) is 0.481. The molecule has 0 bridgehead atoms. The summed E-state index contributed by atoms with van der Waals surface area (Å²) in [6.07, 6.45) is 7.06. The van der Waals surface area contributed by atoms with Crippen molar-refractivity contribution in [2.24, 2.45) is 11.8 Å².